The molecule has 0 saturated heterocycles. The van der Waals surface area contributed by atoms with Crippen molar-refractivity contribution in [3.8, 4) is 16.9 Å². The van der Waals surface area contributed by atoms with Gasteiger partial charge >= 0.3 is 12.1 Å². The lowest BCUT2D eigenvalue weighted by molar-refractivity contribution is -0.142. The minimum Gasteiger partial charge on any atom is -0.494 e. The fraction of sp³-hybridized carbons (Fsp3) is 0.143. The number of methoxy groups -OCH3 is 1. The van der Waals surface area contributed by atoms with E-state index in [9.17, 15) is 18.0 Å². The largest absolute Gasteiger partial charge is 0.494 e. The van der Waals surface area contributed by atoms with Gasteiger partial charge in [-0.3, -0.25) is 0 Å². The van der Waals surface area contributed by atoms with E-state index >= 15 is 0 Å². The zero-order valence-corrected chi connectivity index (χ0v) is 10.8. The summed E-state index contributed by atoms with van der Waals surface area (Å²) in [5.74, 6) is -1.63. The first-order chi connectivity index (χ1) is 9.84. The van der Waals surface area contributed by atoms with Crippen LogP contribution < -0.4 is 4.74 Å². The summed E-state index contributed by atoms with van der Waals surface area (Å²) in [5.41, 5.74) is -0.676. The first kappa shape index (κ1) is 14.8. The lowest BCUT2D eigenvalue weighted by atomic mass is 10.0. The number of carboxylic acids is 1. The van der Waals surface area contributed by atoms with Crippen molar-refractivity contribution in [1.29, 1.82) is 0 Å². The Kier molecular flexibility index (Phi) is 3.84. The summed E-state index contributed by atoms with van der Waals surface area (Å²) in [6, 6.07) is 7.10. The highest BCUT2D eigenvalue weighted by molar-refractivity contribution is 5.96. The van der Waals surface area contributed by atoms with Crippen LogP contribution in [0.15, 0.2) is 36.5 Å². The van der Waals surface area contributed by atoms with Gasteiger partial charge in [0, 0.05) is 11.8 Å². The van der Waals surface area contributed by atoms with Gasteiger partial charge in [0.1, 0.15) is 5.75 Å². The molecule has 110 valence electrons. The Hall–Kier alpha value is -2.57. The van der Waals surface area contributed by atoms with E-state index in [-0.39, 0.29) is 16.7 Å². The third-order valence-electron chi connectivity index (χ3n) is 2.81. The SMILES string of the molecule is COc1cc(-c2ccccc2C(=O)O)cnc1C(F)(F)F. The molecule has 0 aliphatic heterocycles. The number of carboxylic acid groups (broad SMARTS) is 1. The molecule has 21 heavy (non-hydrogen) atoms. The van der Waals surface area contributed by atoms with E-state index in [1.54, 1.807) is 6.07 Å². The number of rotatable bonds is 3. The van der Waals surface area contributed by atoms with Gasteiger partial charge in [-0.25, -0.2) is 9.78 Å². The molecule has 0 atom stereocenters. The van der Waals surface area contributed by atoms with Gasteiger partial charge in [0.15, 0.2) is 5.69 Å². The van der Waals surface area contributed by atoms with E-state index in [0.717, 1.165) is 19.4 Å². The third kappa shape index (κ3) is 2.96. The van der Waals surface area contributed by atoms with Crippen molar-refractivity contribution in [3.63, 3.8) is 0 Å². The Morgan fingerprint density at radius 1 is 1.29 bits per heavy atom. The average Bonchev–Trinajstić information content (AvgIpc) is 2.45. The molecule has 1 aromatic carbocycles. The van der Waals surface area contributed by atoms with Crippen LogP contribution in [0, 0.1) is 0 Å². The molecule has 2 rings (SSSR count). The molecule has 0 radical (unpaired) electrons. The van der Waals surface area contributed by atoms with Crippen LogP contribution in [-0.4, -0.2) is 23.2 Å². The molecule has 0 unspecified atom stereocenters. The predicted octanol–water partition coefficient (Wildman–Crippen LogP) is 3.47. The van der Waals surface area contributed by atoms with Crippen LogP contribution in [0.4, 0.5) is 13.2 Å². The summed E-state index contributed by atoms with van der Waals surface area (Å²) < 4.78 is 42.9. The van der Waals surface area contributed by atoms with Crippen molar-refractivity contribution >= 4 is 5.97 Å². The molecular formula is C14H10F3NO3. The van der Waals surface area contributed by atoms with Crippen LogP contribution in [0.25, 0.3) is 11.1 Å². The summed E-state index contributed by atoms with van der Waals surface area (Å²) >= 11 is 0. The quantitative estimate of drug-likeness (QED) is 0.942. The normalized spacial score (nSPS) is 11.2. The van der Waals surface area contributed by atoms with Crippen LogP contribution >= 0.6 is 0 Å². The number of benzene rings is 1. The molecule has 0 aliphatic rings. The molecule has 1 N–H and O–H groups in total. The minimum absolute atomic E-state index is 0.0267. The van der Waals surface area contributed by atoms with Gasteiger partial charge in [-0.05, 0) is 17.7 Å². The van der Waals surface area contributed by atoms with E-state index in [1.807, 2.05) is 0 Å². The Morgan fingerprint density at radius 2 is 1.95 bits per heavy atom. The predicted molar refractivity (Wildman–Crippen MR) is 68.2 cm³/mol. The number of hydrogen-bond donors (Lipinski definition) is 1. The van der Waals surface area contributed by atoms with E-state index in [1.165, 1.54) is 18.2 Å². The molecular weight excluding hydrogens is 287 g/mol. The summed E-state index contributed by atoms with van der Waals surface area (Å²) in [4.78, 5) is 14.5. The van der Waals surface area contributed by atoms with E-state index < -0.39 is 23.6 Å². The fourth-order valence-corrected chi connectivity index (χ4v) is 1.88. The zero-order valence-electron chi connectivity index (χ0n) is 10.8. The standard InChI is InChI=1S/C14H10F3NO3/c1-21-11-6-8(7-18-12(11)14(15,16)17)9-4-2-3-5-10(9)13(19)20/h2-7H,1H3,(H,19,20). The maximum atomic E-state index is 12.7. The van der Waals surface area contributed by atoms with Crippen molar-refractivity contribution in [3.05, 3.63) is 47.8 Å². The second kappa shape index (κ2) is 5.43. The Balaban J connectivity index is 2.60. The van der Waals surface area contributed by atoms with Gasteiger partial charge in [0.2, 0.25) is 0 Å². The van der Waals surface area contributed by atoms with E-state index in [2.05, 4.69) is 4.98 Å². The first-order valence-electron chi connectivity index (χ1n) is 5.78. The smallest absolute Gasteiger partial charge is 0.437 e. The number of halogens is 3. The van der Waals surface area contributed by atoms with Gasteiger partial charge in [-0.15, -0.1) is 0 Å². The Morgan fingerprint density at radius 3 is 2.52 bits per heavy atom. The highest BCUT2D eigenvalue weighted by atomic mass is 19.4. The molecule has 0 spiro atoms. The third-order valence-corrected chi connectivity index (χ3v) is 2.81. The molecule has 0 bridgehead atoms. The summed E-state index contributed by atoms with van der Waals surface area (Å²) in [6.45, 7) is 0. The van der Waals surface area contributed by atoms with E-state index in [0.29, 0.717) is 0 Å². The maximum Gasteiger partial charge on any atom is 0.437 e. The molecule has 0 fully saturated rings. The fourth-order valence-electron chi connectivity index (χ4n) is 1.88. The minimum atomic E-state index is -4.64. The second-order valence-electron chi connectivity index (χ2n) is 4.12. The number of nitrogens with zero attached hydrogens (tertiary/aromatic N) is 1. The monoisotopic (exact) mass is 297 g/mol. The molecule has 4 nitrogen and oxygen atoms in total. The number of alkyl halides is 3. The topological polar surface area (TPSA) is 59.4 Å². The number of aromatic carboxylic acids is 1. The highest BCUT2D eigenvalue weighted by Crippen LogP contribution is 2.37. The molecule has 1 aromatic heterocycles. The Bertz CT molecular complexity index is 683. The molecule has 0 aliphatic carbocycles. The van der Waals surface area contributed by atoms with Crippen molar-refractivity contribution in [1.82, 2.24) is 4.98 Å². The maximum absolute atomic E-state index is 12.7. The first-order valence-corrected chi connectivity index (χ1v) is 5.78. The lowest BCUT2D eigenvalue weighted by Gasteiger charge is -2.13. The van der Waals surface area contributed by atoms with Crippen LogP contribution in [-0.2, 0) is 6.18 Å². The average molecular weight is 297 g/mol. The lowest BCUT2D eigenvalue weighted by Crippen LogP contribution is -2.10. The molecule has 2 aromatic rings. The second-order valence-corrected chi connectivity index (χ2v) is 4.12. The number of pyridine rings is 1. The number of ether oxygens (including phenoxy) is 1. The van der Waals surface area contributed by atoms with Crippen LogP contribution in [0.1, 0.15) is 16.1 Å². The van der Waals surface area contributed by atoms with Gasteiger partial charge in [-0.2, -0.15) is 13.2 Å². The Labute approximate surface area is 117 Å². The molecule has 7 heteroatoms. The van der Waals surface area contributed by atoms with Crippen LogP contribution in [0.5, 0.6) is 5.75 Å². The van der Waals surface area contributed by atoms with Gasteiger partial charge in [0.25, 0.3) is 0 Å². The summed E-state index contributed by atoms with van der Waals surface area (Å²) in [5, 5.41) is 9.11. The van der Waals surface area contributed by atoms with Crippen molar-refractivity contribution in [2.45, 2.75) is 6.18 Å². The van der Waals surface area contributed by atoms with Crippen LogP contribution in [0.2, 0.25) is 0 Å². The molecule has 1 heterocycles. The van der Waals surface area contributed by atoms with E-state index in [4.69, 9.17) is 9.84 Å². The summed E-state index contributed by atoms with van der Waals surface area (Å²) in [6.07, 6.45) is -3.66. The molecule has 0 amide bonds. The van der Waals surface area contributed by atoms with Gasteiger partial charge in [-0.1, -0.05) is 18.2 Å². The van der Waals surface area contributed by atoms with Gasteiger partial charge in [0.05, 0.1) is 12.7 Å². The van der Waals surface area contributed by atoms with Crippen LogP contribution in [0.3, 0.4) is 0 Å². The van der Waals surface area contributed by atoms with Crippen molar-refractivity contribution < 1.29 is 27.8 Å². The molecule has 0 saturated carbocycles. The number of aromatic nitrogens is 1. The number of hydrogen-bond acceptors (Lipinski definition) is 3. The highest BCUT2D eigenvalue weighted by Gasteiger charge is 2.36. The van der Waals surface area contributed by atoms with Crippen molar-refractivity contribution in [2.75, 3.05) is 7.11 Å². The zero-order chi connectivity index (χ0) is 15.6. The van der Waals surface area contributed by atoms with Gasteiger partial charge < -0.3 is 9.84 Å². The van der Waals surface area contributed by atoms with Crippen molar-refractivity contribution in [2.24, 2.45) is 0 Å². The summed E-state index contributed by atoms with van der Waals surface area (Å²) in [7, 11) is 1.10. The number of carbonyl (C=O) groups is 1.